The fourth-order valence-corrected chi connectivity index (χ4v) is 2.13. The van der Waals surface area contributed by atoms with Gasteiger partial charge in [0.1, 0.15) is 0 Å². The number of nitrogens with one attached hydrogen (secondary N) is 1. The van der Waals surface area contributed by atoms with Crippen LogP contribution >= 0.6 is 0 Å². The Hall–Kier alpha value is -0.950. The first-order valence-corrected chi connectivity index (χ1v) is 7.47. The van der Waals surface area contributed by atoms with Gasteiger partial charge in [0.2, 0.25) is 10.0 Å². The first kappa shape index (κ1) is 15.1. The third kappa shape index (κ3) is 4.73. The lowest BCUT2D eigenvalue weighted by Crippen LogP contribution is -2.20. The molecule has 0 aliphatic rings. The molecule has 5 nitrogen and oxygen atoms in total. The van der Waals surface area contributed by atoms with Crippen LogP contribution < -0.4 is 10.5 Å². The van der Waals surface area contributed by atoms with Crippen LogP contribution in [0.1, 0.15) is 31.4 Å². The lowest BCUT2D eigenvalue weighted by Gasteiger charge is -2.14. The number of primary sulfonamides is 1. The Balaban J connectivity index is 2.57. The highest BCUT2D eigenvalue weighted by molar-refractivity contribution is 7.89. The van der Waals surface area contributed by atoms with E-state index in [9.17, 15) is 8.42 Å². The van der Waals surface area contributed by atoms with Crippen molar-refractivity contribution >= 4 is 10.0 Å². The normalized spacial score (nSPS) is 13.5. The fraction of sp³-hybridized carbons (Fsp3) is 0.500. The molecular formula is C12H20N2O3S. The molecule has 0 bridgehead atoms. The van der Waals surface area contributed by atoms with E-state index in [0.717, 1.165) is 24.9 Å². The van der Waals surface area contributed by atoms with Crippen LogP contribution in [0.2, 0.25) is 0 Å². The van der Waals surface area contributed by atoms with Gasteiger partial charge in [0.25, 0.3) is 0 Å². The van der Waals surface area contributed by atoms with Gasteiger partial charge in [-0.2, -0.15) is 0 Å². The van der Waals surface area contributed by atoms with E-state index >= 15 is 0 Å². The predicted molar refractivity (Wildman–Crippen MR) is 70.6 cm³/mol. The standard InChI is InChI=1S/C12H20N2O3S/c1-10(14-8-2-3-9-15)11-4-6-12(7-5-11)18(13,16)17/h4-7,10,14-15H,2-3,8-9H2,1H3,(H2,13,16,17). The number of rotatable bonds is 7. The van der Waals surface area contributed by atoms with Crippen molar-refractivity contribution in [1.82, 2.24) is 5.32 Å². The number of hydrogen-bond donors (Lipinski definition) is 3. The maximum Gasteiger partial charge on any atom is 0.238 e. The van der Waals surface area contributed by atoms with Crippen molar-refractivity contribution in [2.45, 2.75) is 30.7 Å². The van der Waals surface area contributed by atoms with Crippen LogP contribution in [-0.4, -0.2) is 26.7 Å². The first-order chi connectivity index (χ1) is 8.45. The summed E-state index contributed by atoms with van der Waals surface area (Å²) in [6.45, 7) is 3.03. The molecular weight excluding hydrogens is 252 g/mol. The highest BCUT2D eigenvalue weighted by Crippen LogP contribution is 2.15. The van der Waals surface area contributed by atoms with E-state index in [4.69, 9.17) is 10.2 Å². The summed E-state index contributed by atoms with van der Waals surface area (Å²) in [5.41, 5.74) is 1.01. The monoisotopic (exact) mass is 272 g/mol. The predicted octanol–water partition coefficient (Wildman–Crippen LogP) is 0.757. The third-order valence-electron chi connectivity index (χ3n) is 2.74. The Labute approximate surface area is 108 Å². The van der Waals surface area contributed by atoms with Crippen molar-refractivity contribution in [2.75, 3.05) is 13.2 Å². The van der Waals surface area contributed by atoms with Gasteiger partial charge in [0, 0.05) is 12.6 Å². The minimum atomic E-state index is -3.62. The Morgan fingerprint density at radius 2 is 1.89 bits per heavy atom. The average molecular weight is 272 g/mol. The second kappa shape index (κ2) is 6.84. The van der Waals surface area contributed by atoms with Crippen LogP contribution in [0.5, 0.6) is 0 Å². The highest BCUT2D eigenvalue weighted by atomic mass is 32.2. The van der Waals surface area contributed by atoms with Crippen molar-refractivity contribution in [1.29, 1.82) is 0 Å². The molecule has 0 radical (unpaired) electrons. The molecule has 102 valence electrons. The van der Waals surface area contributed by atoms with Crippen LogP contribution in [0.4, 0.5) is 0 Å². The fourth-order valence-electron chi connectivity index (χ4n) is 1.62. The van der Waals surface area contributed by atoms with E-state index in [1.54, 1.807) is 12.1 Å². The first-order valence-electron chi connectivity index (χ1n) is 5.92. The Morgan fingerprint density at radius 3 is 2.39 bits per heavy atom. The highest BCUT2D eigenvalue weighted by Gasteiger charge is 2.09. The molecule has 0 fully saturated rings. The van der Waals surface area contributed by atoms with Gasteiger partial charge >= 0.3 is 0 Å². The molecule has 0 saturated carbocycles. The van der Waals surface area contributed by atoms with Crippen LogP contribution in [0.3, 0.4) is 0 Å². The smallest absolute Gasteiger partial charge is 0.238 e. The maximum atomic E-state index is 11.1. The van der Waals surface area contributed by atoms with Gasteiger partial charge in [-0.15, -0.1) is 0 Å². The zero-order valence-corrected chi connectivity index (χ0v) is 11.3. The molecule has 1 atom stereocenters. The van der Waals surface area contributed by atoms with Crippen molar-refractivity contribution in [3.8, 4) is 0 Å². The maximum absolute atomic E-state index is 11.1. The van der Waals surface area contributed by atoms with Gasteiger partial charge in [-0.05, 0) is 44.0 Å². The van der Waals surface area contributed by atoms with Crippen LogP contribution in [-0.2, 0) is 10.0 Å². The SMILES string of the molecule is CC(NCCCCO)c1ccc(S(N)(=O)=O)cc1. The average Bonchev–Trinajstić information content (AvgIpc) is 2.33. The number of unbranched alkanes of at least 4 members (excludes halogenated alkanes) is 1. The Kier molecular flexibility index (Phi) is 5.74. The molecule has 0 aromatic heterocycles. The quantitative estimate of drug-likeness (QED) is 0.639. The molecule has 0 spiro atoms. The number of sulfonamides is 1. The second-order valence-electron chi connectivity index (χ2n) is 4.22. The van der Waals surface area contributed by atoms with Gasteiger partial charge in [-0.1, -0.05) is 12.1 Å². The second-order valence-corrected chi connectivity index (χ2v) is 5.78. The van der Waals surface area contributed by atoms with E-state index in [1.165, 1.54) is 12.1 Å². The molecule has 0 aliphatic heterocycles. The summed E-state index contributed by atoms with van der Waals surface area (Å²) in [6, 6.07) is 6.67. The molecule has 0 aliphatic carbocycles. The van der Waals surface area contributed by atoms with Crippen LogP contribution in [0.15, 0.2) is 29.2 Å². The topological polar surface area (TPSA) is 92.4 Å². The summed E-state index contributed by atoms with van der Waals surface area (Å²) in [5, 5.41) is 17.0. The number of hydrogen-bond acceptors (Lipinski definition) is 4. The Bertz CT molecular complexity index is 457. The molecule has 0 amide bonds. The number of nitrogens with two attached hydrogens (primary N) is 1. The lowest BCUT2D eigenvalue weighted by molar-refractivity contribution is 0.283. The van der Waals surface area contributed by atoms with Crippen molar-refractivity contribution < 1.29 is 13.5 Å². The van der Waals surface area contributed by atoms with Gasteiger partial charge in [0.15, 0.2) is 0 Å². The lowest BCUT2D eigenvalue weighted by atomic mass is 10.1. The van der Waals surface area contributed by atoms with E-state index in [0.29, 0.717) is 0 Å². The van der Waals surface area contributed by atoms with Gasteiger partial charge in [0.05, 0.1) is 4.90 Å². The molecule has 18 heavy (non-hydrogen) atoms. The number of benzene rings is 1. The molecule has 4 N–H and O–H groups in total. The molecule has 1 rings (SSSR count). The molecule has 0 saturated heterocycles. The minimum absolute atomic E-state index is 0.124. The van der Waals surface area contributed by atoms with Crippen molar-refractivity contribution in [3.63, 3.8) is 0 Å². The van der Waals surface area contributed by atoms with Gasteiger partial charge in [-0.3, -0.25) is 0 Å². The largest absolute Gasteiger partial charge is 0.396 e. The molecule has 1 aromatic carbocycles. The Morgan fingerprint density at radius 1 is 1.28 bits per heavy atom. The molecule has 1 unspecified atom stereocenters. The minimum Gasteiger partial charge on any atom is -0.396 e. The zero-order valence-electron chi connectivity index (χ0n) is 10.5. The molecule has 6 heteroatoms. The van der Waals surface area contributed by atoms with E-state index in [2.05, 4.69) is 5.32 Å². The van der Waals surface area contributed by atoms with Crippen molar-refractivity contribution in [2.24, 2.45) is 5.14 Å². The summed E-state index contributed by atoms with van der Waals surface area (Å²) < 4.78 is 22.2. The number of aliphatic hydroxyl groups excluding tert-OH is 1. The van der Waals surface area contributed by atoms with Gasteiger partial charge < -0.3 is 10.4 Å². The van der Waals surface area contributed by atoms with E-state index in [-0.39, 0.29) is 17.5 Å². The summed E-state index contributed by atoms with van der Waals surface area (Å²) >= 11 is 0. The van der Waals surface area contributed by atoms with Crippen LogP contribution in [0.25, 0.3) is 0 Å². The van der Waals surface area contributed by atoms with Gasteiger partial charge in [-0.25, -0.2) is 13.6 Å². The van der Waals surface area contributed by atoms with E-state index in [1.807, 2.05) is 6.92 Å². The zero-order chi connectivity index (χ0) is 13.6. The summed E-state index contributed by atoms with van der Waals surface area (Å²) in [6.07, 6.45) is 1.69. The molecule has 0 heterocycles. The van der Waals surface area contributed by atoms with E-state index < -0.39 is 10.0 Å². The van der Waals surface area contributed by atoms with Crippen LogP contribution in [0, 0.1) is 0 Å². The van der Waals surface area contributed by atoms with Crippen molar-refractivity contribution in [3.05, 3.63) is 29.8 Å². The molecule has 1 aromatic rings. The summed E-state index contributed by atoms with van der Waals surface area (Å²) in [5.74, 6) is 0. The summed E-state index contributed by atoms with van der Waals surface area (Å²) in [7, 11) is -3.62. The summed E-state index contributed by atoms with van der Waals surface area (Å²) in [4.78, 5) is 0.124. The third-order valence-corrected chi connectivity index (χ3v) is 3.67. The number of aliphatic hydroxyl groups is 1.